The summed E-state index contributed by atoms with van der Waals surface area (Å²) in [5.41, 5.74) is 0. The lowest BCUT2D eigenvalue weighted by Gasteiger charge is -2.09. The minimum atomic E-state index is 0.0200. The third-order valence-electron chi connectivity index (χ3n) is 11.1. The molecule has 0 aliphatic carbocycles. The summed E-state index contributed by atoms with van der Waals surface area (Å²) in [6, 6.07) is 0. The first-order valence-electron chi connectivity index (χ1n) is 30.2. The molecule has 0 heterocycles. The van der Waals surface area contributed by atoms with Gasteiger partial charge in [-0.25, -0.2) is 0 Å². The van der Waals surface area contributed by atoms with E-state index in [2.05, 4.69) is 19.1 Å². The van der Waals surface area contributed by atoms with Crippen molar-refractivity contribution in [2.45, 2.75) is 96.8 Å². The van der Waals surface area contributed by atoms with E-state index in [4.69, 9.17) is 99.8 Å². The fraction of sp³-hybridized carbons (Fsp3) is 0.966. The van der Waals surface area contributed by atoms with Crippen molar-refractivity contribution in [2.24, 2.45) is 0 Å². The quantitative estimate of drug-likeness (QED) is 0.0521. The zero-order valence-electron chi connectivity index (χ0n) is 49.7. The van der Waals surface area contributed by atoms with Gasteiger partial charge in [-0.15, -0.1) is 0 Å². The molecular formula is C58H116O21. The van der Waals surface area contributed by atoms with Crippen LogP contribution in [-0.2, 0) is 94.7 Å². The average molecular weight is 1150 g/mol. The van der Waals surface area contributed by atoms with Crippen molar-refractivity contribution in [3.8, 4) is 0 Å². The molecule has 0 aromatic carbocycles. The highest BCUT2D eigenvalue weighted by Gasteiger charge is 2.00. The number of hydrogen-bond donors (Lipinski definition) is 1. The van der Waals surface area contributed by atoms with E-state index in [0.29, 0.717) is 258 Å². The van der Waals surface area contributed by atoms with E-state index >= 15 is 0 Å². The van der Waals surface area contributed by atoms with E-state index in [1.165, 1.54) is 83.5 Å². The minimum absolute atomic E-state index is 0.0200. The van der Waals surface area contributed by atoms with Crippen molar-refractivity contribution in [3.05, 3.63) is 12.2 Å². The van der Waals surface area contributed by atoms with Gasteiger partial charge in [-0.2, -0.15) is 0 Å². The van der Waals surface area contributed by atoms with Gasteiger partial charge in [0.2, 0.25) is 0 Å². The Balaban J connectivity index is 3.09. The molecular weight excluding hydrogens is 1030 g/mol. The van der Waals surface area contributed by atoms with Crippen LogP contribution < -0.4 is 0 Å². The second-order valence-corrected chi connectivity index (χ2v) is 17.9. The van der Waals surface area contributed by atoms with Crippen molar-refractivity contribution in [3.63, 3.8) is 0 Å². The SMILES string of the molecule is CCCCCCCC/C=C/CCCCCCCCOCCOCCOCCOCCOCCOCCOCCOCCOCCOCCOCCOCCOCCOCCOCCOCCOCCOCCOCCOCCO. The van der Waals surface area contributed by atoms with E-state index in [0.717, 1.165) is 13.0 Å². The third-order valence-corrected chi connectivity index (χ3v) is 11.1. The molecule has 0 aliphatic rings. The minimum Gasteiger partial charge on any atom is -0.394 e. The van der Waals surface area contributed by atoms with Crippen LogP contribution in [0, 0.1) is 0 Å². The van der Waals surface area contributed by atoms with Gasteiger partial charge in [0.25, 0.3) is 0 Å². The van der Waals surface area contributed by atoms with Gasteiger partial charge in [0.1, 0.15) is 0 Å². The van der Waals surface area contributed by atoms with Gasteiger partial charge < -0.3 is 99.8 Å². The second kappa shape index (κ2) is 76.9. The molecule has 21 nitrogen and oxygen atoms in total. The second-order valence-electron chi connectivity index (χ2n) is 17.9. The van der Waals surface area contributed by atoms with E-state index in [9.17, 15) is 0 Å². The Morgan fingerprint density at radius 1 is 0.177 bits per heavy atom. The molecule has 79 heavy (non-hydrogen) atoms. The molecule has 0 amide bonds. The van der Waals surface area contributed by atoms with Crippen LogP contribution in [0.3, 0.4) is 0 Å². The van der Waals surface area contributed by atoms with E-state index in [-0.39, 0.29) is 6.61 Å². The summed E-state index contributed by atoms with van der Waals surface area (Å²) in [6.07, 6.45) is 23.2. The zero-order valence-corrected chi connectivity index (χ0v) is 49.7. The van der Waals surface area contributed by atoms with Crippen LogP contribution in [0.15, 0.2) is 12.2 Å². The molecule has 0 unspecified atom stereocenters. The highest BCUT2D eigenvalue weighted by molar-refractivity contribution is 4.81. The van der Waals surface area contributed by atoms with Gasteiger partial charge in [-0.3, -0.25) is 0 Å². The first kappa shape index (κ1) is 77.9. The van der Waals surface area contributed by atoms with Gasteiger partial charge in [0.15, 0.2) is 0 Å². The Morgan fingerprint density at radius 2 is 0.329 bits per heavy atom. The van der Waals surface area contributed by atoms with Crippen molar-refractivity contribution in [1.29, 1.82) is 0 Å². The molecule has 0 spiro atoms. The van der Waals surface area contributed by atoms with Crippen LogP contribution in [0.25, 0.3) is 0 Å². The molecule has 0 radical (unpaired) electrons. The largest absolute Gasteiger partial charge is 0.394 e. The predicted octanol–water partition coefficient (Wildman–Crippen LogP) is 6.35. The number of allylic oxidation sites excluding steroid dienone is 2. The molecule has 0 saturated heterocycles. The maximum absolute atomic E-state index is 8.61. The number of ether oxygens (including phenoxy) is 20. The first-order valence-corrected chi connectivity index (χ1v) is 30.2. The molecule has 21 heteroatoms. The van der Waals surface area contributed by atoms with Crippen LogP contribution in [0.4, 0.5) is 0 Å². The Bertz CT molecular complexity index is 1070. The summed E-state index contributed by atoms with van der Waals surface area (Å²) >= 11 is 0. The van der Waals surface area contributed by atoms with Crippen molar-refractivity contribution < 1.29 is 99.8 Å². The van der Waals surface area contributed by atoms with E-state index in [1.54, 1.807) is 0 Å². The summed E-state index contributed by atoms with van der Waals surface area (Å²) < 4.78 is 110. The lowest BCUT2D eigenvalue weighted by Crippen LogP contribution is -2.16. The fourth-order valence-electron chi connectivity index (χ4n) is 6.80. The van der Waals surface area contributed by atoms with Gasteiger partial charge in [0, 0.05) is 6.61 Å². The molecule has 0 saturated carbocycles. The molecule has 0 fully saturated rings. The highest BCUT2D eigenvalue weighted by Crippen LogP contribution is 2.10. The number of aliphatic hydroxyl groups excluding tert-OH is 1. The summed E-state index contributed by atoms with van der Waals surface area (Å²) in [7, 11) is 0. The fourth-order valence-corrected chi connectivity index (χ4v) is 6.80. The molecule has 0 bridgehead atoms. The van der Waals surface area contributed by atoms with Gasteiger partial charge in [-0.05, 0) is 32.1 Å². The van der Waals surface area contributed by atoms with Crippen LogP contribution in [0.1, 0.15) is 96.8 Å². The smallest absolute Gasteiger partial charge is 0.0701 e. The van der Waals surface area contributed by atoms with Crippen molar-refractivity contribution in [2.75, 3.05) is 271 Å². The monoisotopic (exact) mass is 1150 g/mol. The molecule has 0 rings (SSSR count). The first-order chi connectivity index (χ1) is 39.4. The number of rotatable bonds is 75. The molecule has 474 valence electrons. The number of aliphatic hydroxyl groups is 1. The number of hydrogen-bond acceptors (Lipinski definition) is 21. The number of unbranched alkanes of at least 4 members (excludes halogenated alkanes) is 12. The highest BCUT2D eigenvalue weighted by atomic mass is 16.6. The molecule has 0 aromatic rings. The molecule has 1 N–H and O–H groups in total. The van der Waals surface area contributed by atoms with Crippen LogP contribution in [0.2, 0.25) is 0 Å². The molecule has 0 aromatic heterocycles. The molecule has 0 aliphatic heterocycles. The summed E-state index contributed by atoms with van der Waals surface area (Å²) in [4.78, 5) is 0. The molecule has 0 atom stereocenters. The van der Waals surface area contributed by atoms with Gasteiger partial charge >= 0.3 is 0 Å². The summed E-state index contributed by atoms with van der Waals surface area (Å²) in [5.74, 6) is 0. The lowest BCUT2D eigenvalue weighted by atomic mass is 10.1. The lowest BCUT2D eigenvalue weighted by molar-refractivity contribution is -0.0315. The Kier molecular flexibility index (Phi) is 75.8. The Morgan fingerprint density at radius 3 is 0.519 bits per heavy atom. The van der Waals surface area contributed by atoms with Crippen molar-refractivity contribution in [1.82, 2.24) is 0 Å². The average Bonchev–Trinajstić information content (AvgIpc) is 3.46. The van der Waals surface area contributed by atoms with Crippen LogP contribution in [-0.4, -0.2) is 276 Å². The maximum Gasteiger partial charge on any atom is 0.0701 e. The third kappa shape index (κ3) is 76.9. The summed E-state index contributed by atoms with van der Waals surface area (Å²) in [5, 5.41) is 8.61. The topological polar surface area (TPSA) is 205 Å². The predicted molar refractivity (Wildman–Crippen MR) is 303 cm³/mol. The van der Waals surface area contributed by atoms with Crippen molar-refractivity contribution >= 4 is 0 Å². The Labute approximate surface area is 478 Å². The summed E-state index contributed by atoms with van der Waals surface area (Å²) in [6.45, 7) is 22.7. The van der Waals surface area contributed by atoms with Crippen LogP contribution in [0.5, 0.6) is 0 Å². The maximum atomic E-state index is 8.61. The van der Waals surface area contributed by atoms with Crippen LogP contribution >= 0.6 is 0 Å². The zero-order chi connectivity index (χ0) is 56.4. The Hall–Kier alpha value is -1.10. The van der Waals surface area contributed by atoms with E-state index in [1.807, 2.05) is 0 Å². The van der Waals surface area contributed by atoms with Gasteiger partial charge in [0.05, 0.1) is 264 Å². The standard InChI is InChI=1S/C58H116O21/c1-2-3-4-5-6-7-8-9-10-11-12-13-14-15-16-17-19-60-21-23-62-25-27-64-29-31-66-33-35-68-37-39-70-41-43-72-45-47-74-49-51-76-53-55-78-57-58-79-56-54-77-52-50-75-48-46-73-44-42-71-40-38-69-36-34-67-32-30-65-28-26-63-24-22-61-20-18-59/h9-10,59H,2-8,11-58H2,1H3/b10-9+. The normalized spacial score (nSPS) is 11.9. The van der Waals surface area contributed by atoms with Gasteiger partial charge in [-0.1, -0.05) is 76.9 Å². The van der Waals surface area contributed by atoms with E-state index < -0.39 is 0 Å².